The van der Waals surface area contributed by atoms with Crippen LogP contribution in [-0.4, -0.2) is 64.8 Å². The fourth-order valence-electron chi connectivity index (χ4n) is 4.12. The van der Waals surface area contributed by atoms with Gasteiger partial charge in [0.25, 0.3) is 0 Å². The Balaban J connectivity index is 1.35. The highest BCUT2D eigenvalue weighted by atomic mass is 16.2. The van der Waals surface area contributed by atoms with Crippen LogP contribution < -0.4 is 5.32 Å². The predicted molar refractivity (Wildman–Crippen MR) is 105 cm³/mol. The zero-order valence-corrected chi connectivity index (χ0v) is 16.1. The van der Waals surface area contributed by atoms with Crippen molar-refractivity contribution in [2.24, 2.45) is 0 Å². The Bertz CT molecular complexity index is 766. The summed E-state index contributed by atoms with van der Waals surface area (Å²) in [6.45, 7) is 4.81. The van der Waals surface area contributed by atoms with E-state index in [0.717, 1.165) is 56.8 Å². The zero-order chi connectivity index (χ0) is 18.6. The molecule has 4 rings (SSSR count). The lowest BCUT2D eigenvalue weighted by atomic mass is 10.1. The van der Waals surface area contributed by atoms with Crippen molar-refractivity contribution in [2.75, 3.05) is 33.2 Å². The van der Waals surface area contributed by atoms with E-state index in [9.17, 15) is 4.79 Å². The number of rotatable bonds is 5. The molecule has 2 aliphatic rings. The van der Waals surface area contributed by atoms with Gasteiger partial charge in [-0.05, 0) is 44.6 Å². The number of hydrogen-bond donors (Lipinski definition) is 1. The maximum atomic E-state index is 12.8. The SMILES string of the molecule is CN(CC(=O)N1CCn2nc(Cc3ccccc3)cc2C1)C1CCNCC1. The maximum absolute atomic E-state index is 12.8. The molecule has 0 unspecified atom stereocenters. The second kappa shape index (κ2) is 8.23. The highest BCUT2D eigenvalue weighted by molar-refractivity contribution is 5.78. The van der Waals surface area contributed by atoms with Crippen LogP contribution in [0.5, 0.6) is 0 Å². The Labute approximate surface area is 161 Å². The van der Waals surface area contributed by atoms with Crippen molar-refractivity contribution < 1.29 is 4.79 Å². The summed E-state index contributed by atoms with van der Waals surface area (Å²) in [6.07, 6.45) is 3.09. The Morgan fingerprint density at radius 1 is 1.22 bits per heavy atom. The quantitative estimate of drug-likeness (QED) is 0.870. The second-order valence-electron chi connectivity index (χ2n) is 7.72. The topological polar surface area (TPSA) is 53.4 Å². The van der Waals surface area contributed by atoms with Crippen molar-refractivity contribution in [3.8, 4) is 0 Å². The third kappa shape index (κ3) is 4.39. The summed E-state index contributed by atoms with van der Waals surface area (Å²) in [6, 6.07) is 13.1. The Kier molecular flexibility index (Phi) is 5.55. The number of nitrogens with one attached hydrogen (secondary N) is 1. The van der Waals surface area contributed by atoms with Gasteiger partial charge >= 0.3 is 0 Å². The highest BCUT2D eigenvalue weighted by Crippen LogP contribution is 2.17. The van der Waals surface area contributed by atoms with E-state index >= 15 is 0 Å². The van der Waals surface area contributed by atoms with E-state index < -0.39 is 0 Å². The van der Waals surface area contributed by atoms with Crippen molar-refractivity contribution in [1.82, 2.24) is 24.9 Å². The van der Waals surface area contributed by atoms with Crippen molar-refractivity contribution in [3.05, 3.63) is 53.3 Å². The summed E-state index contributed by atoms with van der Waals surface area (Å²) in [5.74, 6) is 0.230. The van der Waals surface area contributed by atoms with Gasteiger partial charge in [-0.1, -0.05) is 30.3 Å². The van der Waals surface area contributed by atoms with Crippen LogP contribution in [0.2, 0.25) is 0 Å². The van der Waals surface area contributed by atoms with Crippen LogP contribution in [0.3, 0.4) is 0 Å². The van der Waals surface area contributed by atoms with E-state index in [2.05, 4.69) is 52.3 Å². The summed E-state index contributed by atoms with van der Waals surface area (Å²) >= 11 is 0. The third-order valence-electron chi connectivity index (χ3n) is 5.75. The molecular weight excluding hydrogens is 338 g/mol. The molecule has 144 valence electrons. The van der Waals surface area contributed by atoms with Crippen molar-refractivity contribution in [1.29, 1.82) is 0 Å². The standard InChI is InChI=1S/C21H29N5O/c1-24(19-7-9-22-10-8-19)16-21(27)25-11-12-26-20(15-25)14-18(23-26)13-17-5-3-2-4-6-17/h2-6,14,19,22H,7-13,15-16H2,1H3. The van der Waals surface area contributed by atoms with E-state index in [0.29, 0.717) is 19.1 Å². The minimum Gasteiger partial charge on any atom is -0.334 e. The maximum Gasteiger partial charge on any atom is 0.237 e. The second-order valence-corrected chi connectivity index (χ2v) is 7.72. The Morgan fingerprint density at radius 2 is 2.00 bits per heavy atom. The van der Waals surface area contributed by atoms with E-state index in [4.69, 9.17) is 5.10 Å². The van der Waals surface area contributed by atoms with Crippen molar-refractivity contribution in [3.63, 3.8) is 0 Å². The highest BCUT2D eigenvalue weighted by Gasteiger charge is 2.25. The number of benzene rings is 1. The molecule has 1 N–H and O–H groups in total. The molecule has 1 aromatic heterocycles. The van der Waals surface area contributed by atoms with E-state index in [1.54, 1.807) is 0 Å². The monoisotopic (exact) mass is 367 g/mol. The first-order valence-electron chi connectivity index (χ1n) is 9.97. The third-order valence-corrected chi connectivity index (χ3v) is 5.75. The van der Waals surface area contributed by atoms with Gasteiger partial charge in [-0.3, -0.25) is 14.4 Å². The van der Waals surface area contributed by atoms with Crippen LogP contribution in [0, 0.1) is 0 Å². The number of fused-ring (bicyclic) bond motifs is 1. The first-order chi connectivity index (χ1) is 13.2. The van der Waals surface area contributed by atoms with Crippen molar-refractivity contribution in [2.45, 2.75) is 38.4 Å². The molecule has 0 spiro atoms. The average Bonchev–Trinajstić information content (AvgIpc) is 3.10. The number of hydrogen-bond acceptors (Lipinski definition) is 4. The summed E-state index contributed by atoms with van der Waals surface area (Å²) in [5, 5.41) is 8.12. The molecule has 27 heavy (non-hydrogen) atoms. The van der Waals surface area contributed by atoms with Gasteiger partial charge in [0, 0.05) is 19.0 Å². The Morgan fingerprint density at radius 3 is 2.78 bits per heavy atom. The molecule has 6 heteroatoms. The first-order valence-corrected chi connectivity index (χ1v) is 9.97. The molecule has 6 nitrogen and oxygen atoms in total. The summed E-state index contributed by atoms with van der Waals surface area (Å²) in [7, 11) is 2.08. The largest absolute Gasteiger partial charge is 0.334 e. The van der Waals surface area contributed by atoms with E-state index in [-0.39, 0.29) is 5.91 Å². The van der Waals surface area contributed by atoms with Crippen LogP contribution in [0.4, 0.5) is 0 Å². The molecule has 0 aliphatic carbocycles. The molecule has 0 bridgehead atoms. The first kappa shape index (κ1) is 18.2. The summed E-state index contributed by atoms with van der Waals surface area (Å²) in [5.41, 5.74) is 3.49. The van der Waals surface area contributed by atoms with Gasteiger partial charge in [-0.2, -0.15) is 5.10 Å². The van der Waals surface area contributed by atoms with Gasteiger partial charge in [-0.25, -0.2) is 0 Å². The van der Waals surface area contributed by atoms with Crippen LogP contribution in [0.15, 0.2) is 36.4 Å². The Hall–Kier alpha value is -2.18. The van der Waals surface area contributed by atoms with Gasteiger partial charge in [-0.15, -0.1) is 0 Å². The molecule has 0 saturated carbocycles. The van der Waals surface area contributed by atoms with Crippen LogP contribution in [0.25, 0.3) is 0 Å². The van der Waals surface area contributed by atoms with Gasteiger partial charge in [0.05, 0.1) is 31.0 Å². The lowest BCUT2D eigenvalue weighted by Gasteiger charge is -2.34. The summed E-state index contributed by atoms with van der Waals surface area (Å²) < 4.78 is 2.07. The average molecular weight is 367 g/mol. The van der Waals surface area contributed by atoms with E-state index in [1.165, 1.54) is 5.56 Å². The molecule has 3 heterocycles. The number of piperidine rings is 1. The molecule has 2 aliphatic heterocycles. The normalized spacial score (nSPS) is 17.9. The minimum atomic E-state index is 0.230. The summed E-state index contributed by atoms with van der Waals surface area (Å²) in [4.78, 5) is 17.0. The number of carbonyl (C=O) groups is 1. The lowest BCUT2D eigenvalue weighted by Crippen LogP contribution is -2.47. The minimum absolute atomic E-state index is 0.230. The van der Waals surface area contributed by atoms with Crippen molar-refractivity contribution >= 4 is 5.91 Å². The molecule has 1 amide bonds. The van der Waals surface area contributed by atoms with Gasteiger partial charge < -0.3 is 10.2 Å². The number of aromatic nitrogens is 2. The fraction of sp³-hybridized carbons (Fsp3) is 0.524. The van der Waals surface area contributed by atoms with E-state index in [1.807, 2.05) is 11.0 Å². The van der Waals surface area contributed by atoms with Crippen LogP contribution in [-0.2, 0) is 24.3 Å². The number of likely N-dealkylation sites (N-methyl/N-ethyl adjacent to an activating group) is 1. The smallest absolute Gasteiger partial charge is 0.237 e. The molecule has 1 fully saturated rings. The molecule has 1 aromatic carbocycles. The van der Waals surface area contributed by atoms with Crippen LogP contribution >= 0.6 is 0 Å². The van der Waals surface area contributed by atoms with Gasteiger partial charge in [0.15, 0.2) is 0 Å². The molecule has 2 aromatic rings. The zero-order valence-electron chi connectivity index (χ0n) is 16.1. The molecule has 0 atom stereocenters. The van der Waals surface area contributed by atoms with Gasteiger partial charge in [0.2, 0.25) is 5.91 Å². The number of nitrogens with zero attached hydrogens (tertiary/aromatic N) is 4. The fourth-order valence-corrected chi connectivity index (χ4v) is 4.12. The van der Waals surface area contributed by atoms with Gasteiger partial charge in [0.1, 0.15) is 0 Å². The molecule has 1 saturated heterocycles. The van der Waals surface area contributed by atoms with Crippen LogP contribution in [0.1, 0.15) is 29.8 Å². The number of amides is 1. The predicted octanol–water partition coefficient (Wildman–Crippen LogP) is 1.50. The lowest BCUT2D eigenvalue weighted by molar-refractivity contribution is -0.134. The number of carbonyl (C=O) groups excluding carboxylic acids is 1. The molecular formula is C21H29N5O. The molecule has 0 radical (unpaired) electrons.